The van der Waals surface area contributed by atoms with Crippen molar-refractivity contribution in [1.29, 1.82) is 0 Å². The number of carbonyl (C=O) groups is 1. The summed E-state index contributed by atoms with van der Waals surface area (Å²) in [6, 6.07) is 2.78. The lowest BCUT2D eigenvalue weighted by Crippen LogP contribution is -2.04. The minimum atomic E-state index is -0.589. The fraction of sp³-hybridized carbons (Fsp3) is 0.364. The number of rotatable bonds is 4. The first-order chi connectivity index (χ1) is 7.15. The molecule has 0 aromatic heterocycles. The summed E-state index contributed by atoms with van der Waals surface area (Å²) in [7, 11) is 2.93. The van der Waals surface area contributed by atoms with Crippen LogP contribution in [0.15, 0.2) is 12.1 Å². The molecule has 0 spiro atoms. The van der Waals surface area contributed by atoms with Gasteiger partial charge in [0.15, 0.2) is 6.29 Å². The van der Waals surface area contributed by atoms with Gasteiger partial charge < -0.3 is 9.47 Å². The van der Waals surface area contributed by atoms with Crippen LogP contribution >= 0.6 is 0 Å². The van der Waals surface area contributed by atoms with Crippen LogP contribution in [0, 0.1) is 5.82 Å². The largest absolute Gasteiger partial charge is 0.496 e. The molecule has 0 heterocycles. The summed E-state index contributed by atoms with van der Waals surface area (Å²) in [5.41, 5.74) is 0.586. The third-order valence-electron chi connectivity index (χ3n) is 2.29. The maximum absolute atomic E-state index is 13.2. The van der Waals surface area contributed by atoms with Crippen molar-refractivity contribution in [3.63, 3.8) is 0 Å². The van der Waals surface area contributed by atoms with Crippen LogP contribution in [0.5, 0.6) is 5.75 Å². The highest BCUT2D eigenvalue weighted by atomic mass is 19.1. The Hall–Kier alpha value is -1.42. The van der Waals surface area contributed by atoms with E-state index in [-0.39, 0.29) is 17.4 Å². The molecule has 1 atom stereocenters. The minimum Gasteiger partial charge on any atom is -0.496 e. The number of ether oxygens (including phenoxy) is 2. The van der Waals surface area contributed by atoms with Crippen molar-refractivity contribution in [2.24, 2.45) is 0 Å². The van der Waals surface area contributed by atoms with E-state index in [1.807, 2.05) is 0 Å². The Balaban J connectivity index is 3.34. The smallest absolute Gasteiger partial charge is 0.156 e. The van der Waals surface area contributed by atoms with Crippen molar-refractivity contribution in [3.8, 4) is 5.75 Å². The highest BCUT2D eigenvalue weighted by molar-refractivity contribution is 5.80. The molecule has 1 rings (SSSR count). The Morgan fingerprint density at radius 2 is 2.07 bits per heavy atom. The molecule has 82 valence electrons. The summed E-state index contributed by atoms with van der Waals surface area (Å²) < 4.78 is 23.4. The number of hydrogen-bond donors (Lipinski definition) is 0. The lowest BCUT2D eigenvalue weighted by molar-refractivity contribution is 0.110. The van der Waals surface area contributed by atoms with Gasteiger partial charge in [-0.25, -0.2) is 4.39 Å². The molecule has 0 fully saturated rings. The van der Waals surface area contributed by atoms with Crippen molar-refractivity contribution >= 4 is 6.29 Å². The lowest BCUT2D eigenvalue weighted by atomic mass is 10.0. The Labute approximate surface area is 87.8 Å². The van der Waals surface area contributed by atoms with E-state index in [9.17, 15) is 9.18 Å². The third-order valence-corrected chi connectivity index (χ3v) is 2.29. The number of carbonyl (C=O) groups excluding carboxylic acids is 1. The topological polar surface area (TPSA) is 35.5 Å². The normalized spacial score (nSPS) is 12.3. The molecule has 0 aliphatic rings. The molecule has 0 aliphatic heterocycles. The highest BCUT2D eigenvalue weighted by Crippen LogP contribution is 2.31. The predicted octanol–water partition coefficient (Wildman–Crippen LogP) is 2.35. The van der Waals surface area contributed by atoms with E-state index in [2.05, 4.69) is 0 Å². The van der Waals surface area contributed by atoms with Crippen LogP contribution in [0.4, 0.5) is 4.39 Å². The van der Waals surface area contributed by atoms with Crippen LogP contribution in [-0.2, 0) is 4.74 Å². The first-order valence-corrected chi connectivity index (χ1v) is 4.50. The van der Waals surface area contributed by atoms with Gasteiger partial charge in [-0.15, -0.1) is 0 Å². The number of aldehydes is 1. The molecule has 0 amide bonds. The summed E-state index contributed by atoms with van der Waals surface area (Å²) in [4.78, 5) is 10.7. The molecule has 0 saturated heterocycles. The van der Waals surface area contributed by atoms with E-state index in [4.69, 9.17) is 9.47 Å². The van der Waals surface area contributed by atoms with Gasteiger partial charge in [-0.3, -0.25) is 4.79 Å². The van der Waals surface area contributed by atoms with Gasteiger partial charge in [0, 0.05) is 12.7 Å². The molecule has 0 saturated carbocycles. The van der Waals surface area contributed by atoms with Gasteiger partial charge in [-0.05, 0) is 19.1 Å². The van der Waals surface area contributed by atoms with Gasteiger partial charge in [0.05, 0.1) is 18.8 Å². The van der Waals surface area contributed by atoms with Crippen LogP contribution in [0.2, 0.25) is 0 Å². The van der Waals surface area contributed by atoms with Crippen LogP contribution < -0.4 is 4.74 Å². The maximum atomic E-state index is 13.2. The molecule has 1 aromatic rings. The second-order valence-corrected chi connectivity index (χ2v) is 3.08. The van der Waals surface area contributed by atoms with Crippen molar-refractivity contribution in [3.05, 3.63) is 29.1 Å². The standard InChI is InChI=1S/C11H13FO3/c1-7(14-2)8-4-5-10(12)9(6-13)11(8)15-3/h4-7H,1-3H3. The molecule has 15 heavy (non-hydrogen) atoms. The lowest BCUT2D eigenvalue weighted by Gasteiger charge is -2.15. The average Bonchev–Trinajstić information content (AvgIpc) is 2.27. The number of hydrogen-bond acceptors (Lipinski definition) is 3. The zero-order valence-electron chi connectivity index (χ0n) is 8.91. The molecule has 1 aromatic carbocycles. The SMILES string of the molecule is COc1c(C(C)OC)ccc(F)c1C=O. The molecular weight excluding hydrogens is 199 g/mol. The van der Waals surface area contributed by atoms with Gasteiger partial charge >= 0.3 is 0 Å². The van der Waals surface area contributed by atoms with Crippen molar-refractivity contribution < 1.29 is 18.7 Å². The van der Waals surface area contributed by atoms with Crippen molar-refractivity contribution in [2.75, 3.05) is 14.2 Å². The minimum absolute atomic E-state index is 0.0705. The van der Waals surface area contributed by atoms with E-state index < -0.39 is 5.82 Å². The van der Waals surface area contributed by atoms with Crippen LogP contribution in [0.1, 0.15) is 28.9 Å². The van der Waals surface area contributed by atoms with Gasteiger partial charge in [0.1, 0.15) is 11.6 Å². The second kappa shape index (κ2) is 4.89. The fourth-order valence-electron chi connectivity index (χ4n) is 1.38. The molecule has 4 heteroatoms. The van der Waals surface area contributed by atoms with E-state index in [0.29, 0.717) is 11.8 Å². The fourth-order valence-corrected chi connectivity index (χ4v) is 1.38. The first-order valence-electron chi connectivity index (χ1n) is 4.50. The quantitative estimate of drug-likeness (QED) is 0.719. The Kier molecular flexibility index (Phi) is 3.80. The van der Waals surface area contributed by atoms with E-state index in [1.54, 1.807) is 13.0 Å². The van der Waals surface area contributed by atoms with Crippen molar-refractivity contribution in [2.45, 2.75) is 13.0 Å². The molecule has 0 aliphatic carbocycles. The zero-order chi connectivity index (χ0) is 11.4. The summed E-state index contributed by atoms with van der Waals surface area (Å²) in [5, 5.41) is 0. The molecule has 0 radical (unpaired) electrons. The summed E-state index contributed by atoms with van der Waals surface area (Å²) in [6.07, 6.45) is 0.194. The average molecular weight is 212 g/mol. The molecule has 0 bridgehead atoms. The van der Waals surface area contributed by atoms with Crippen LogP contribution in [0.25, 0.3) is 0 Å². The summed E-state index contributed by atoms with van der Waals surface area (Å²) >= 11 is 0. The molecular formula is C11H13FO3. The number of benzene rings is 1. The zero-order valence-corrected chi connectivity index (χ0v) is 8.91. The summed E-state index contributed by atoms with van der Waals surface area (Å²) in [5.74, 6) is -0.353. The number of halogens is 1. The monoisotopic (exact) mass is 212 g/mol. The van der Waals surface area contributed by atoms with E-state index in [1.165, 1.54) is 20.3 Å². The molecule has 0 N–H and O–H groups in total. The van der Waals surface area contributed by atoms with Crippen LogP contribution in [-0.4, -0.2) is 20.5 Å². The van der Waals surface area contributed by atoms with E-state index in [0.717, 1.165) is 0 Å². The Bertz CT molecular complexity index is 363. The van der Waals surface area contributed by atoms with Gasteiger partial charge in [0.25, 0.3) is 0 Å². The van der Waals surface area contributed by atoms with E-state index >= 15 is 0 Å². The highest BCUT2D eigenvalue weighted by Gasteiger charge is 2.17. The summed E-state index contributed by atoms with van der Waals surface area (Å²) in [6.45, 7) is 1.80. The Morgan fingerprint density at radius 3 is 2.53 bits per heavy atom. The van der Waals surface area contributed by atoms with Gasteiger partial charge in [-0.2, -0.15) is 0 Å². The van der Waals surface area contributed by atoms with Crippen molar-refractivity contribution in [1.82, 2.24) is 0 Å². The number of methoxy groups -OCH3 is 2. The second-order valence-electron chi connectivity index (χ2n) is 3.08. The van der Waals surface area contributed by atoms with Gasteiger partial charge in [-0.1, -0.05) is 0 Å². The molecule has 1 unspecified atom stereocenters. The third kappa shape index (κ3) is 2.15. The predicted molar refractivity (Wildman–Crippen MR) is 53.8 cm³/mol. The Morgan fingerprint density at radius 1 is 1.40 bits per heavy atom. The maximum Gasteiger partial charge on any atom is 0.156 e. The first kappa shape index (κ1) is 11.7. The molecule has 3 nitrogen and oxygen atoms in total. The van der Waals surface area contributed by atoms with Crippen LogP contribution in [0.3, 0.4) is 0 Å². The van der Waals surface area contributed by atoms with Gasteiger partial charge in [0.2, 0.25) is 0 Å².